The van der Waals surface area contributed by atoms with Crippen LogP contribution in [0.5, 0.6) is 0 Å². The second kappa shape index (κ2) is 4.36. The molecule has 0 fully saturated rings. The van der Waals surface area contributed by atoms with Crippen molar-refractivity contribution >= 4 is 11.7 Å². The van der Waals surface area contributed by atoms with Crippen LogP contribution in [0.1, 0.15) is 12.0 Å². The third-order valence-corrected chi connectivity index (χ3v) is 1.80. The van der Waals surface area contributed by atoms with E-state index in [0.29, 0.717) is 5.56 Å². The maximum atomic E-state index is 10.5. The van der Waals surface area contributed by atoms with Gasteiger partial charge in [0.05, 0.1) is 4.92 Å². The van der Waals surface area contributed by atoms with Crippen LogP contribution in [0.3, 0.4) is 0 Å². The second-order valence-electron chi connectivity index (χ2n) is 2.78. The number of para-hydroxylation sites is 1. The zero-order valence-electron chi connectivity index (χ0n) is 7.34. The SMILES string of the molecule is O=C(O)CCc1ccccc1[N+](=O)[O-]. The molecule has 74 valence electrons. The molecule has 0 saturated heterocycles. The number of carbonyl (C=O) groups is 1. The van der Waals surface area contributed by atoms with E-state index in [4.69, 9.17) is 5.11 Å². The fraction of sp³-hybridized carbons (Fsp3) is 0.222. The van der Waals surface area contributed by atoms with E-state index in [1.807, 2.05) is 0 Å². The Morgan fingerprint density at radius 3 is 2.64 bits per heavy atom. The van der Waals surface area contributed by atoms with Crippen LogP contribution >= 0.6 is 0 Å². The number of aryl methyl sites for hydroxylation is 1. The Morgan fingerprint density at radius 2 is 2.07 bits per heavy atom. The van der Waals surface area contributed by atoms with Gasteiger partial charge in [-0.25, -0.2) is 0 Å². The van der Waals surface area contributed by atoms with Gasteiger partial charge in [-0.2, -0.15) is 0 Å². The highest BCUT2D eigenvalue weighted by molar-refractivity contribution is 5.67. The zero-order chi connectivity index (χ0) is 10.6. The highest BCUT2D eigenvalue weighted by atomic mass is 16.6. The number of nitro groups is 1. The first-order valence-electron chi connectivity index (χ1n) is 4.05. The Hall–Kier alpha value is -1.91. The van der Waals surface area contributed by atoms with Gasteiger partial charge in [0.15, 0.2) is 0 Å². The summed E-state index contributed by atoms with van der Waals surface area (Å²) in [5.41, 5.74) is 0.439. The monoisotopic (exact) mass is 195 g/mol. The summed E-state index contributed by atoms with van der Waals surface area (Å²) in [6, 6.07) is 6.16. The van der Waals surface area contributed by atoms with Crippen LogP contribution in [0.25, 0.3) is 0 Å². The minimum absolute atomic E-state index is 0.0197. The van der Waals surface area contributed by atoms with Crippen LogP contribution in [0, 0.1) is 10.1 Å². The highest BCUT2D eigenvalue weighted by Crippen LogP contribution is 2.18. The van der Waals surface area contributed by atoms with Gasteiger partial charge in [0, 0.05) is 18.1 Å². The lowest BCUT2D eigenvalue weighted by Crippen LogP contribution is -2.00. The lowest BCUT2D eigenvalue weighted by atomic mass is 10.1. The lowest BCUT2D eigenvalue weighted by molar-refractivity contribution is -0.385. The van der Waals surface area contributed by atoms with Crippen LogP contribution in [-0.4, -0.2) is 16.0 Å². The molecule has 5 nitrogen and oxygen atoms in total. The summed E-state index contributed by atoms with van der Waals surface area (Å²) in [6.45, 7) is 0. The summed E-state index contributed by atoms with van der Waals surface area (Å²) >= 11 is 0. The fourth-order valence-corrected chi connectivity index (χ4v) is 1.14. The van der Waals surface area contributed by atoms with Gasteiger partial charge >= 0.3 is 5.97 Å². The Morgan fingerprint density at radius 1 is 1.43 bits per heavy atom. The Kier molecular flexibility index (Phi) is 3.17. The van der Waals surface area contributed by atoms with Gasteiger partial charge in [0.25, 0.3) is 5.69 Å². The molecule has 1 rings (SSSR count). The van der Waals surface area contributed by atoms with Crippen molar-refractivity contribution in [2.45, 2.75) is 12.8 Å². The summed E-state index contributed by atoms with van der Waals surface area (Å²) < 4.78 is 0. The predicted octanol–water partition coefficient (Wildman–Crippen LogP) is 1.61. The molecular formula is C9H9NO4. The summed E-state index contributed by atoms with van der Waals surface area (Å²) in [4.78, 5) is 20.3. The van der Waals surface area contributed by atoms with Crippen LogP contribution < -0.4 is 0 Å². The molecule has 0 aliphatic carbocycles. The largest absolute Gasteiger partial charge is 0.481 e. The summed E-state index contributed by atoms with van der Waals surface area (Å²) in [7, 11) is 0. The molecule has 0 aliphatic heterocycles. The first-order chi connectivity index (χ1) is 6.61. The number of carboxylic acids is 1. The molecule has 0 unspecified atom stereocenters. The van der Waals surface area contributed by atoms with Gasteiger partial charge in [-0.05, 0) is 6.42 Å². The third-order valence-electron chi connectivity index (χ3n) is 1.80. The van der Waals surface area contributed by atoms with E-state index in [-0.39, 0.29) is 18.5 Å². The Labute approximate surface area is 80.1 Å². The van der Waals surface area contributed by atoms with Crippen molar-refractivity contribution in [3.05, 3.63) is 39.9 Å². The Balaban J connectivity index is 2.84. The molecule has 5 heteroatoms. The molecule has 0 spiro atoms. The van der Waals surface area contributed by atoms with Crippen molar-refractivity contribution in [2.24, 2.45) is 0 Å². The van der Waals surface area contributed by atoms with E-state index in [1.54, 1.807) is 18.2 Å². The molecule has 0 heterocycles. The van der Waals surface area contributed by atoms with Crippen molar-refractivity contribution in [1.29, 1.82) is 0 Å². The third kappa shape index (κ3) is 2.55. The van der Waals surface area contributed by atoms with Crippen molar-refractivity contribution in [1.82, 2.24) is 0 Å². The summed E-state index contributed by atoms with van der Waals surface area (Å²) in [5, 5.41) is 19.0. The molecule has 14 heavy (non-hydrogen) atoms. The second-order valence-corrected chi connectivity index (χ2v) is 2.78. The van der Waals surface area contributed by atoms with E-state index in [1.165, 1.54) is 6.07 Å². The molecule has 0 amide bonds. The highest BCUT2D eigenvalue weighted by Gasteiger charge is 2.12. The van der Waals surface area contributed by atoms with Crippen molar-refractivity contribution in [3.63, 3.8) is 0 Å². The average molecular weight is 195 g/mol. The van der Waals surface area contributed by atoms with Crippen LogP contribution in [0.4, 0.5) is 5.69 Å². The quantitative estimate of drug-likeness (QED) is 0.584. The van der Waals surface area contributed by atoms with E-state index < -0.39 is 10.9 Å². The smallest absolute Gasteiger partial charge is 0.303 e. The summed E-state index contributed by atoms with van der Waals surface area (Å²) in [5.74, 6) is -0.955. The van der Waals surface area contributed by atoms with Gasteiger partial charge in [0.2, 0.25) is 0 Å². The van der Waals surface area contributed by atoms with Crippen LogP contribution in [-0.2, 0) is 11.2 Å². The van der Waals surface area contributed by atoms with Gasteiger partial charge < -0.3 is 5.11 Å². The normalized spacial score (nSPS) is 9.71. The number of hydrogen-bond acceptors (Lipinski definition) is 3. The number of nitro benzene ring substituents is 1. The molecule has 0 saturated carbocycles. The van der Waals surface area contributed by atoms with Gasteiger partial charge in [-0.1, -0.05) is 18.2 Å². The molecule has 0 atom stereocenters. The fourth-order valence-electron chi connectivity index (χ4n) is 1.14. The summed E-state index contributed by atoms with van der Waals surface area (Å²) in [6.07, 6.45) is 0.0946. The molecule has 0 bridgehead atoms. The van der Waals surface area contributed by atoms with Crippen LogP contribution in [0.15, 0.2) is 24.3 Å². The van der Waals surface area contributed by atoms with Gasteiger partial charge in [0.1, 0.15) is 0 Å². The standard InChI is InChI=1S/C9H9NO4/c11-9(12)6-5-7-3-1-2-4-8(7)10(13)14/h1-4H,5-6H2,(H,11,12). The molecule has 0 aliphatic rings. The van der Waals surface area contributed by atoms with Crippen molar-refractivity contribution < 1.29 is 14.8 Å². The van der Waals surface area contributed by atoms with Gasteiger partial charge in [-0.15, -0.1) is 0 Å². The number of aliphatic carboxylic acids is 1. The molecule has 0 radical (unpaired) electrons. The number of nitrogens with zero attached hydrogens (tertiary/aromatic N) is 1. The topological polar surface area (TPSA) is 80.4 Å². The maximum absolute atomic E-state index is 10.5. The van der Waals surface area contributed by atoms with Crippen LogP contribution in [0.2, 0.25) is 0 Å². The minimum atomic E-state index is -0.955. The number of hydrogen-bond donors (Lipinski definition) is 1. The maximum Gasteiger partial charge on any atom is 0.303 e. The Bertz CT molecular complexity index is 362. The predicted molar refractivity (Wildman–Crippen MR) is 49.1 cm³/mol. The number of benzene rings is 1. The average Bonchev–Trinajstić information content (AvgIpc) is 2.15. The van der Waals surface area contributed by atoms with Crippen molar-refractivity contribution in [2.75, 3.05) is 0 Å². The molecule has 1 aromatic rings. The zero-order valence-corrected chi connectivity index (χ0v) is 7.34. The molecule has 1 N–H and O–H groups in total. The van der Waals surface area contributed by atoms with E-state index in [2.05, 4.69) is 0 Å². The van der Waals surface area contributed by atoms with E-state index >= 15 is 0 Å². The molecular weight excluding hydrogens is 186 g/mol. The molecule has 0 aromatic heterocycles. The number of rotatable bonds is 4. The first-order valence-corrected chi connectivity index (χ1v) is 4.05. The number of carboxylic acid groups (broad SMARTS) is 1. The minimum Gasteiger partial charge on any atom is -0.481 e. The lowest BCUT2D eigenvalue weighted by Gasteiger charge is -1.99. The van der Waals surface area contributed by atoms with Gasteiger partial charge in [-0.3, -0.25) is 14.9 Å². The van der Waals surface area contributed by atoms with Crippen molar-refractivity contribution in [3.8, 4) is 0 Å². The molecule has 1 aromatic carbocycles. The first kappa shape index (κ1) is 10.2. The van der Waals surface area contributed by atoms with E-state index in [9.17, 15) is 14.9 Å². The van der Waals surface area contributed by atoms with E-state index in [0.717, 1.165) is 0 Å².